The normalized spacial score (nSPS) is 22.4. The molecule has 10 nitrogen and oxygen atoms in total. The molecule has 5 aliphatic heterocycles. The molecular weight excluding hydrogens is 584 g/mol. The van der Waals surface area contributed by atoms with Gasteiger partial charge < -0.3 is 25.0 Å². The lowest BCUT2D eigenvalue weighted by atomic mass is 9.92. The lowest BCUT2D eigenvalue weighted by Crippen LogP contribution is -2.29. The average Bonchev–Trinajstić information content (AvgIpc) is 3.67. The van der Waals surface area contributed by atoms with Crippen molar-refractivity contribution in [2.75, 3.05) is 14.2 Å². The Labute approximate surface area is 268 Å². The number of aliphatic imine (C=N–C) groups is 3. The Morgan fingerprint density at radius 1 is 0.848 bits per heavy atom. The molecule has 46 heavy (non-hydrogen) atoms. The van der Waals surface area contributed by atoms with Crippen LogP contribution in [-0.2, 0) is 19.1 Å². The van der Waals surface area contributed by atoms with Gasteiger partial charge >= 0.3 is 11.9 Å². The van der Waals surface area contributed by atoms with Gasteiger partial charge in [0.15, 0.2) is 0 Å². The van der Waals surface area contributed by atoms with Crippen LogP contribution in [0.3, 0.4) is 0 Å². The number of aliphatic hydroxyl groups excluding tert-OH is 1. The molecule has 0 amide bonds. The third-order valence-electron chi connectivity index (χ3n) is 8.86. The minimum absolute atomic E-state index is 0.154. The van der Waals surface area contributed by atoms with Gasteiger partial charge in [0.2, 0.25) is 0 Å². The molecule has 0 aromatic heterocycles. The molecule has 0 saturated heterocycles. The predicted octanol–water partition coefficient (Wildman–Crippen LogP) is 5.62. The molecule has 0 spiro atoms. The van der Waals surface area contributed by atoms with E-state index in [0.29, 0.717) is 64.0 Å². The largest absolute Gasteiger partial charge is 0.516 e. The van der Waals surface area contributed by atoms with Gasteiger partial charge in [-0.05, 0) is 98.8 Å². The first-order valence-corrected chi connectivity index (χ1v) is 15.0. The number of ether oxygens (including phenoxy) is 2. The Bertz CT molecular complexity index is 1830. The Hall–Kier alpha value is -5.09. The van der Waals surface area contributed by atoms with Crippen LogP contribution >= 0.6 is 0 Å². The van der Waals surface area contributed by atoms with E-state index in [1.807, 2.05) is 39.0 Å². The van der Waals surface area contributed by atoms with Crippen LogP contribution in [0.5, 0.6) is 0 Å². The lowest BCUT2D eigenvalue weighted by molar-refractivity contribution is -0.141. The fourth-order valence-corrected chi connectivity index (χ4v) is 6.07. The zero-order valence-corrected chi connectivity index (χ0v) is 26.9. The van der Waals surface area contributed by atoms with Gasteiger partial charge in [0.1, 0.15) is 5.60 Å². The minimum Gasteiger partial charge on any atom is -0.516 e. The van der Waals surface area contributed by atoms with Crippen LogP contribution in [0.15, 0.2) is 132 Å². The van der Waals surface area contributed by atoms with Crippen molar-refractivity contribution in [3.63, 3.8) is 0 Å². The number of hydrogen-bond acceptors (Lipinski definition) is 10. The van der Waals surface area contributed by atoms with E-state index in [4.69, 9.17) is 24.5 Å². The van der Waals surface area contributed by atoms with Crippen LogP contribution in [0.4, 0.5) is 0 Å². The number of fused-ring (bicyclic) bond motifs is 5. The number of allylic oxidation sites excluding steroid dienone is 11. The Kier molecular flexibility index (Phi) is 8.94. The molecule has 8 bridgehead atoms. The number of carbonyl (C=O) groups is 2. The molecule has 238 valence electrons. The first kappa shape index (κ1) is 32.3. The number of aliphatic hydroxyl groups is 2. The second-order valence-corrected chi connectivity index (χ2v) is 11.6. The quantitative estimate of drug-likeness (QED) is 0.236. The molecule has 0 aromatic rings. The third kappa shape index (κ3) is 5.83. The van der Waals surface area contributed by atoms with E-state index in [2.05, 4.69) is 11.9 Å². The van der Waals surface area contributed by atoms with Gasteiger partial charge in [-0.25, -0.2) is 15.0 Å². The van der Waals surface area contributed by atoms with Crippen molar-refractivity contribution < 1.29 is 29.3 Å². The summed E-state index contributed by atoms with van der Waals surface area (Å²) in [5.74, 6) is -0.667. The molecule has 0 aliphatic carbocycles. The van der Waals surface area contributed by atoms with Gasteiger partial charge in [0.25, 0.3) is 0 Å². The maximum absolute atomic E-state index is 12.2. The topological polar surface area (TPSA) is 142 Å². The van der Waals surface area contributed by atoms with E-state index in [0.717, 1.165) is 39.7 Å². The first-order valence-electron chi connectivity index (χ1n) is 15.0. The summed E-state index contributed by atoms with van der Waals surface area (Å²) in [6, 6.07) is 0. The van der Waals surface area contributed by atoms with Crippen LogP contribution in [-0.4, -0.2) is 59.1 Å². The van der Waals surface area contributed by atoms with E-state index < -0.39 is 5.60 Å². The van der Waals surface area contributed by atoms with Crippen molar-refractivity contribution in [3.8, 4) is 0 Å². The van der Waals surface area contributed by atoms with Crippen LogP contribution in [0.2, 0.25) is 0 Å². The molecule has 5 aliphatic rings. The van der Waals surface area contributed by atoms with Gasteiger partial charge in [-0.15, -0.1) is 0 Å². The van der Waals surface area contributed by atoms with Crippen molar-refractivity contribution in [1.29, 1.82) is 0 Å². The van der Waals surface area contributed by atoms with E-state index in [1.165, 1.54) is 20.3 Å². The molecule has 10 heteroatoms. The third-order valence-corrected chi connectivity index (χ3v) is 8.86. The highest BCUT2D eigenvalue weighted by molar-refractivity contribution is 6.18. The van der Waals surface area contributed by atoms with Crippen LogP contribution in [0.1, 0.15) is 53.4 Å². The zero-order chi connectivity index (χ0) is 33.3. The zero-order valence-electron chi connectivity index (χ0n) is 26.9. The second kappa shape index (κ2) is 12.7. The highest BCUT2D eigenvalue weighted by Crippen LogP contribution is 2.40. The maximum Gasteiger partial charge on any atom is 0.305 e. The Balaban J connectivity index is 1.78. The van der Waals surface area contributed by atoms with Gasteiger partial charge in [0.05, 0.1) is 60.4 Å². The van der Waals surface area contributed by atoms with Crippen molar-refractivity contribution in [3.05, 3.63) is 117 Å². The SMILES string of the molecule is C=CC1=C(C)C2=CC3=NC(=CC4=NC(=CC5=C(/C=C\O)[C@](C)(O)C(=CC1=N2)N5)C(C)=C4CCC(=O)OC)C(CCC(=O)OC)=C3C. The number of rotatable bonds is 8. The molecule has 0 unspecified atom stereocenters. The van der Waals surface area contributed by atoms with Gasteiger partial charge in [0, 0.05) is 29.7 Å². The molecule has 3 N–H and O–H groups in total. The van der Waals surface area contributed by atoms with E-state index in [-0.39, 0.29) is 24.8 Å². The van der Waals surface area contributed by atoms with Crippen molar-refractivity contribution >= 4 is 29.1 Å². The molecule has 5 heterocycles. The molecule has 0 fully saturated rings. The summed E-state index contributed by atoms with van der Waals surface area (Å²) in [5, 5.41) is 24.8. The van der Waals surface area contributed by atoms with Gasteiger partial charge in [-0.3, -0.25) is 9.59 Å². The molecule has 5 rings (SSSR count). The summed E-state index contributed by atoms with van der Waals surface area (Å²) in [4.78, 5) is 39.2. The van der Waals surface area contributed by atoms with E-state index in [1.54, 1.807) is 19.1 Å². The smallest absolute Gasteiger partial charge is 0.305 e. The standard InChI is InChI=1S/C36H38N4O6/c1-8-22-19(2)26-15-27-20(3)23(9-11-34(42)45-6)29(37-27)17-30-24(10-12-35(43)46-7)21(4)28(38-30)16-32-25(13-14-41)36(5,44)33(40-32)18-31(22)39-26/h8,13-18,40-41,44H,1,9-12H2,2-7H3/b14-13-,26-15?,28-16?,29-17?,33-18?/t36-/m0/s1. The van der Waals surface area contributed by atoms with Crippen LogP contribution < -0.4 is 5.32 Å². The van der Waals surface area contributed by atoms with Crippen LogP contribution in [0.25, 0.3) is 0 Å². The minimum atomic E-state index is -1.50. The summed E-state index contributed by atoms with van der Waals surface area (Å²) in [5.41, 5.74) is 9.03. The fraction of sp³-hybridized carbons (Fsp3) is 0.306. The van der Waals surface area contributed by atoms with Crippen molar-refractivity contribution in [2.24, 2.45) is 15.0 Å². The molecular formula is C36H38N4O6. The Morgan fingerprint density at radius 3 is 2.07 bits per heavy atom. The number of nitrogens with one attached hydrogen (secondary N) is 1. The summed E-state index contributed by atoms with van der Waals surface area (Å²) in [6.07, 6.45) is 12.6. The molecule has 0 saturated carbocycles. The fourth-order valence-electron chi connectivity index (χ4n) is 6.07. The summed E-state index contributed by atoms with van der Waals surface area (Å²) >= 11 is 0. The van der Waals surface area contributed by atoms with E-state index in [9.17, 15) is 19.8 Å². The summed E-state index contributed by atoms with van der Waals surface area (Å²) in [6.45, 7) is 11.5. The van der Waals surface area contributed by atoms with Crippen molar-refractivity contribution in [2.45, 2.75) is 59.0 Å². The first-order chi connectivity index (χ1) is 21.9. The number of nitrogens with zero attached hydrogens (tertiary/aromatic N) is 3. The van der Waals surface area contributed by atoms with Gasteiger partial charge in [-0.2, -0.15) is 0 Å². The summed E-state index contributed by atoms with van der Waals surface area (Å²) in [7, 11) is 2.72. The van der Waals surface area contributed by atoms with E-state index >= 15 is 0 Å². The highest BCUT2D eigenvalue weighted by Gasteiger charge is 2.39. The number of esters is 2. The van der Waals surface area contributed by atoms with Crippen molar-refractivity contribution in [1.82, 2.24) is 5.32 Å². The second-order valence-electron chi connectivity index (χ2n) is 11.6. The van der Waals surface area contributed by atoms with Crippen LogP contribution in [0, 0.1) is 0 Å². The molecule has 1 atom stereocenters. The van der Waals surface area contributed by atoms with Gasteiger partial charge in [-0.1, -0.05) is 12.7 Å². The Morgan fingerprint density at radius 2 is 1.43 bits per heavy atom. The average molecular weight is 623 g/mol. The lowest BCUT2D eigenvalue weighted by Gasteiger charge is -2.20. The maximum atomic E-state index is 12.2. The molecule has 0 aromatic carbocycles. The highest BCUT2D eigenvalue weighted by atomic mass is 16.5. The number of methoxy groups -OCH3 is 2. The number of hydrogen-bond donors (Lipinski definition) is 3. The predicted molar refractivity (Wildman–Crippen MR) is 178 cm³/mol. The monoisotopic (exact) mass is 622 g/mol. The number of carbonyl (C=O) groups excluding carboxylic acids is 2. The molecule has 0 radical (unpaired) electrons. The summed E-state index contributed by atoms with van der Waals surface area (Å²) < 4.78 is 9.83.